The summed E-state index contributed by atoms with van der Waals surface area (Å²) >= 11 is 0. The van der Waals surface area contributed by atoms with E-state index in [1.807, 2.05) is 0 Å². The van der Waals surface area contributed by atoms with Crippen molar-refractivity contribution in [3.8, 4) is 5.95 Å². The number of anilines is 1. The van der Waals surface area contributed by atoms with Crippen molar-refractivity contribution in [1.82, 2.24) is 19.7 Å². The number of nitrogens with zero attached hydrogens (tertiary/aromatic N) is 3. The standard InChI is InChI=1S/C17H16FN5O2/c1-9-8-14(20-16(25)12-4-6-13(18)7-5-12)23(22-9)17-19-11(3)10(2)15(24)21-17/h4-8H,1-3H3,(H,20,25)(H,19,21,24). The molecule has 3 rings (SSSR count). The van der Waals surface area contributed by atoms with E-state index in [0.29, 0.717) is 28.3 Å². The molecule has 0 aliphatic rings. The van der Waals surface area contributed by atoms with E-state index < -0.39 is 11.7 Å². The summed E-state index contributed by atoms with van der Waals surface area (Å²) in [5.41, 5.74) is 1.75. The number of nitrogens with one attached hydrogen (secondary N) is 2. The van der Waals surface area contributed by atoms with Crippen molar-refractivity contribution in [1.29, 1.82) is 0 Å². The zero-order valence-electron chi connectivity index (χ0n) is 13.9. The molecule has 128 valence electrons. The van der Waals surface area contributed by atoms with Crippen LogP contribution in [0.3, 0.4) is 0 Å². The maximum Gasteiger partial charge on any atom is 0.256 e. The lowest BCUT2D eigenvalue weighted by molar-refractivity contribution is 0.102. The van der Waals surface area contributed by atoms with Crippen LogP contribution in [0.4, 0.5) is 10.2 Å². The van der Waals surface area contributed by atoms with Gasteiger partial charge in [0.2, 0.25) is 5.95 Å². The van der Waals surface area contributed by atoms with Gasteiger partial charge in [-0.2, -0.15) is 9.78 Å². The number of hydrogen-bond donors (Lipinski definition) is 2. The smallest absolute Gasteiger partial charge is 0.256 e. The average Bonchev–Trinajstić information content (AvgIpc) is 2.93. The van der Waals surface area contributed by atoms with Crippen molar-refractivity contribution in [3.05, 3.63) is 69.0 Å². The molecule has 2 aromatic heterocycles. The second-order valence-corrected chi connectivity index (χ2v) is 5.64. The number of carbonyl (C=O) groups excluding carboxylic acids is 1. The predicted molar refractivity (Wildman–Crippen MR) is 90.5 cm³/mol. The zero-order valence-corrected chi connectivity index (χ0v) is 13.9. The van der Waals surface area contributed by atoms with Gasteiger partial charge in [-0.05, 0) is 45.0 Å². The minimum atomic E-state index is -0.424. The molecule has 3 aromatic rings. The largest absolute Gasteiger partial charge is 0.306 e. The molecular formula is C17H16FN5O2. The first-order valence-corrected chi connectivity index (χ1v) is 7.56. The van der Waals surface area contributed by atoms with E-state index >= 15 is 0 Å². The molecule has 2 N–H and O–H groups in total. The molecule has 8 heteroatoms. The van der Waals surface area contributed by atoms with Gasteiger partial charge >= 0.3 is 0 Å². The van der Waals surface area contributed by atoms with E-state index in [-0.39, 0.29) is 11.5 Å². The Morgan fingerprint density at radius 2 is 1.88 bits per heavy atom. The van der Waals surface area contributed by atoms with E-state index in [9.17, 15) is 14.0 Å². The summed E-state index contributed by atoms with van der Waals surface area (Å²) in [5.74, 6) is -0.296. The third kappa shape index (κ3) is 3.32. The lowest BCUT2D eigenvalue weighted by atomic mass is 10.2. The number of benzene rings is 1. The van der Waals surface area contributed by atoms with E-state index in [4.69, 9.17) is 0 Å². The highest BCUT2D eigenvalue weighted by molar-refractivity contribution is 6.03. The van der Waals surface area contributed by atoms with Gasteiger partial charge in [0.1, 0.15) is 11.6 Å². The zero-order chi connectivity index (χ0) is 18.1. The Kier molecular flexibility index (Phi) is 4.18. The molecule has 0 unspecified atom stereocenters. The van der Waals surface area contributed by atoms with E-state index in [0.717, 1.165) is 0 Å². The lowest BCUT2D eigenvalue weighted by Gasteiger charge is -2.09. The molecule has 0 fully saturated rings. The number of aromatic amines is 1. The van der Waals surface area contributed by atoms with Crippen molar-refractivity contribution in [3.63, 3.8) is 0 Å². The van der Waals surface area contributed by atoms with Gasteiger partial charge in [0.25, 0.3) is 11.5 Å². The molecule has 0 spiro atoms. The molecule has 25 heavy (non-hydrogen) atoms. The maximum atomic E-state index is 13.0. The van der Waals surface area contributed by atoms with Crippen molar-refractivity contribution in [2.24, 2.45) is 0 Å². The van der Waals surface area contributed by atoms with Crippen LogP contribution in [0, 0.1) is 26.6 Å². The van der Waals surface area contributed by atoms with Crippen LogP contribution < -0.4 is 10.9 Å². The lowest BCUT2D eigenvalue weighted by Crippen LogP contribution is -2.20. The number of aromatic nitrogens is 4. The van der Waals surface area contributed by atoms with Crippen molar-refractivity contribution >= 4 is 11.7 Å². The Hall–Kier alpha value is -3.29. The Bertz CT molecular complexity index is 1000. The molecule has 1 amide bonds. The normalized spacial score (nSPS) is 10.7. The molecule has 0 saturated heterocycles. The van der Waals surface area contributed by atoms with Gasteiger partial charge in [-0.1, -0.05) is 0 Å². The van der Waals surface area contributed by atoms with Crippen LogP contribution in [0.25, 0.3) is 5.95 Å². The van der Waals surface area contributed by atoms with Gasteiger partial charge in [0.15, 0.2) is 0 Å². The minimum Gasteiger partial charge on any atom is -0.306 e. The summed E-state index contributed by atoms with van der Waals surface area (Å²) in [5, 5.41) is 6.96. The molecule has 0 atom stereocenters. The fraction of sp³-hybridized carbons (Fsp3) is 0.176. The molecule has 0 saturated carbocycles. The van der Waals surface area contributed by atoms with E-state index in [1.54, 1.807) is 26.8 Å². The second-order valence-electron chi connectivity index (χ2n) is 5.64. The SMILES string of the molecule is Cc1cc(NC(=O)c2ccc(F)cc2)n(-c2nc(C)c(C)c(=O)[nH]2)n1. The number of aryl methyl sites for hydroxylation is 2. The minimum absolute atomic E-state index is 0.204. The Labute approximate surface area is 142 Å². The number of rotatable bonds is 3. The first-order valence-electron chi connectivity index (χ1n) is 7.56. The highest BCUT2D eigenvalue weighted by Gasteiger charge is 2.15. The van der Waals surface area contributed by atoms with Gasteiger partial charge in [0.05, 0.1) is 5.69 Å². The first-order chi connectivity index (χ1) is 11.8. The average molecular weight is 341 g/mol. The van der Waals surface area contributed by atoms with Crippen LogP contribution in [-0.2, 0) is 0 Å². The van der Waals surface area contributed by atoms with Crippen LogP contribution in [0.5, 0.6) is 0 Å². The number of H-pyrrole nitrogens is 1. The fourth-order valence-electron chi connectivity index (χ4n) is 2.27. The Morgan fingerprint density at radius 1 is 1.20 bits per heavy atom. The molecular weight excluding hydrogens is 325 g/mol. The summed E-state index contributed by atoms with van der Waals surface area (Å²) in [6.07, 6.45) is 0. The Morgan fingerprint density at radius 3 is 2.52 bits per heavy atom. The number of hydrogen-bond acceptors (Lipinski definition) is 4. The van der Waals surface area contributed by atoms with Gasteiger partial charge in [-0.3, -0.25) is 14.6 Å². The maximum absolute atomic E-state index is 13.0. The summed E-state index contributed by atoms with van der Waals surface area (Å²) in [7, 11) is 0. The van der Waals surface area contributed by atoms with Crippen LogP contribution in [0.2, 0.25) is 0 Å². The molecule has 0 bridgehead atoms. The van der Waals surface area contributed by atoms with Gasteiger partial charge < -0.3 is 5.32 Å². The van der Waals surface area contributed by atoms with E-state index in [1.165, 1.54) is 28.9 Å². The molecule has 0 aliphatic heterocycles. The molecule has 0 radical (unpaired) electrons. The van der Waals surface area contributed by atoms with Crippen molar-refractivity contribution in [2.45, 2.75) is 20.8 Å². The van der Waals surface area contributed by atoms with Crippen molar-refractivity contribution in [2.75, 3.05) is 5.32 Å². The number of amides is 1. The quantitative estimate of drug-likeness (QED) is 0.764. The Balaban J connectivity index is 1.98. The summed E-state index contributed by atoms with van der Waals surface area (Å²) in [6.45, 7) is 5.15. The summed E-state index contributed by atoms with van der Waals surface area (Å²) in [6, 6.07) is 6.83. The van der Waals surface area contributed by atoms with Gasteiger partial charge in [-0.15, -0.1) is 0 Å². The second kappa shape index (κ2) is 6.31. The number of carbonyl (C=O) groups is 1. The summed E-state index contributed by atoms with van der Waals surface area (Å²) < 4.78 is 14.3. The highest BCUT2D eigenvalue weighted by Crippen LogP contribution is 2.16. The predicted octanol–water partition coefficient (Wildman–Crippen LogP) is 2.27. The highest BCUT2D eigenvalue weighted by atomic mass is 19.1. The molecule has 2 heterocycles. The first kappa shape index (κ1) is 16.6. The van der Waals surface area contributed by atoms with Crippen molar-refractivity contribution < 1.29 is 9.18 Å². The topological polar surface area (TPSA) is 92.7 Å². The third-order valence-corrected chi connectivity index (χ3v) is 3.76. The van der Waals surface area contributed by atoms with Crippen LogP contribution >= 0.6 is 0 Å². The number of halogens is 1. The fourth-order valence-corrected chi connectivity index (χ4v) is 2.27. The summed E-state index contributed by atoms with van der Waals surface area (Å²) in [4.78, 5) is 31.3. The van der Waals surface area contributed by atoms with Crippen LogP contribution in [-0.4, -0.2) is 25.7 Å². The third-order valence-electron chi connectivity index (χ3n) is 3.76. The van der Waals surface area contributed by atoms with Gasteiger partial charge in [-0.25, -0.2) is 9.37 Å². The molecule has 0 aliphatic carbocycles. The van der Waals surface area contributed by atoms with Gasteiger partial charge in [0, 0.05) is 22.9 Å². The monoisotopic (exact) mass is 341 g/mol. The van der Waals surface area contributed by atoms with Crippen LogP contribution in [0.1, 0.15) is 27.3 Å². The van der Waals surface area contributed by atoms with E-state index in [2.05, 4.69) is 20.4 Å². The van der Waals surface area contributed by atoms with Crippen LogP contribution in [0.15, 0.2) is 35.1 Å². The molecule has 7 nitrogen and oxygen atoms in total. The molecule has 1 aromatic carbocycles.